The van der Waals surface area contributed by atoms with Crippen LogP contribution in [0.25, 0.3) is 163 Å². The first kappa shape index (κ1) is 79.5. The molecule has 0 unspecified atom stereocenters. The standard InChI is InChI=1S/C56H37OP.C40H33BO2.C22H16BrOP/c57-58(48-17-3-1-4-18-48,49-19-5-2-6-20-49)50-31-29-43-33-42(25-26-44(43)36-50)45-30-32-53-54(37-45)56(47-28-24-39-14-8-10-16-41(39)35-47)52-22-12-11-21-51(52)55(53)46-27-23-38-13-7-9-15-40(38)34-46;1-39(2)40(3,4)43-41(42-39)32-21-22-35-36(25-32)38(31-20-18-27-12-6-8-14-29(27)24-31)34-16-10-9-15-33(34)37(35)30-19-17-26-11-5-7-13-28(26)23-30;23-19-13-11-18-16-22(14-12-17(18)15-19)25(24,20-7-3-1-4-8-20)21-9-5-2-6-10-21/h1-37H;5-25H,1-4H3;1-16H. The summed E-state index contributed by atoms with van der Waals surface area (Å²) in [6.07, 6.45) is 0. The lowest BCUT2D eigenvalue weighted by Crippen LogP contribution is -2.41. The summed E-state index contributed by atoms with van der Waals surface area (Å²) in [7, 11) is -6.43. The van der Waals surface area contributed by atoms with E-state index < -0.39 is 32.6 Å². The Labute approximate surface area is 743 Å². The summed E-state index contributed by atoms with van der Waals surface area (Å²) in [4.78, 5) is 0. The van der Waals surface area contributed by atoms with Crippen LogP contribution in [0.15, 0.2) is 453 Å². The van der Waals surface area contributed by atoms with Crippen LogP contribution in [-0.2, 0) is 18.4 Å². The number of hydrogen-bond acceptors (Lipinski definition) is 4. The van der Waals surface area contributed by atoms with Gasteiger partial charge in [0.25, 0.3) is 0 Å². The molecule has 0 bridgehead atoms. The lowest BCUT2D eigenvalue weighted by Gasteiger charge is -2.32. The zero-order chi connectivity index (χ0) is 85.3. The predicted molar refractivity (Wildman–Crippen MR) is 544 cm³/mol. The van der Waals surface area contributed by atoms with Crippen molar-refractivity contribution < 1.29 is 18.4 Å². The second-order valence-corrected chi connectivity index (χ2v) is 40.4. The Morgan fingerprint density at radius 3 is 0.833 bits per heavy atom. The first-order chi connectivity index (χ1) is 61.6. The molecule has 8 heteroatoms. The maximum absolute atomic E-state index is 15.2. The summed E-state index contributed by atoms with van der Waals surface area (Å²) in [5, 5.41) is 29.2. The van der Waals surface area contributed by atoms with E-state index in [9.17, 15) is 4.57 Å². The fourth-order valence-corrected chi connectivity index (χ4v) is 24.5. The summed E-state index contributed by atoms with van der Waals surface area (Å²) in [5.41, 5.74) is 12.3. The van der Waals surface area contributed by atoms with Crippen molar-refractivity contribution >= 4 is 182 Å². The van der Waals surface area contributed by atoms with Crippen molar-refractivity contribution in [3.63, 3.8) is 0 Å². The number of benzene rings is 22. The third-order valence-corrected chi connectivity index (χ3v) is 32.5. The van der Waals surface area contributed by atoms with Crippen LogP contribution in [0, 0.1) is 0 Å². The van der Waals surface area contributed by atoms with E-state index in [0.717, 1.165) is 74.4 Å². The number of fused-ring (bicyclic) bond motifs is 10. The highest BCUT2D eigenvalue weighted by Crippen LogP contribution is 2.50. The Hall–Kier alpha value is -13.6. The van der Waals surface area contributed by atoms with Gasteiger partial charge in [0.15, 0.2) is 14.3 Å². The van der Waals surface area contributed by atoms with Crippen molar-refractivity contribution in [2.75, 3.05) is 0 Å². The molecule has 126 heavy (non-hydrogen) atoms. The number of halogens is 1. The molecule has 1 fully saturated rings. The average Bonchev–Trinajstić information content (AvgIpc) is 0.882. The molecule has 1 aliphatic heterocycles. The van der Waals surface area contributed by atoms with Crippen molar-refractivity contribution in [1.82, 2.24) is 0 Å². The fourth-order valence-electron chi connectivity index (χ4n) is 18.8. The molecule has 1 heterocycles. The second-order valence-electron chi connectivity index (χ2n) is 34.0. The fraction of sp³-hybridized carbons (Fsp3) is 0.0508. The van der Waals surface area contributed by atoms with Crippen molar-refractivity contribution in [1.29, 1.82) is 0 Å². The van der Waals surface area contributed by atoms with Crippen LogP contribution in [0.5, 0.6) is 0 Å². The van der Waals surface area contributed by atoms with E-state index in [4.69, 9.17) is 9.31 Å². The van der Waals surface area contributed by atoms with Crippen LogP contribution in [0.3, 0.4) is 0 Å². The molecule has 0 atom stereocenters. The summed E-state index contributed by atoms with van der Waals surface area (Å²) >= 11 is 3.51. The minimum absolute atomic E-state index is 0.409. The van der Waals surface area contributed by atoms with E-state index in [2.05, 4.69) is 353 Å². The maximum atomic E-state index is 15.2. The van der Waals surface area contributed by atoms with E-state index in [0.29, 0.717) is 0 Å². The molecule has 0 spiro atoms. The largest absolute Gasteiger partial charge is 0.494 e. The number of hydrogen-bond donors (Lipinski definition) is 0. The summed E-state index contributed by atoms with van der Waals surface area (Å²) in [6.45, 7) is 8.44. The average molecular weight is 1720 g/mol. The smallest absolute Gasteiger partial charge is 0.399 e. The molecule has 23 rings (SSSR count). The predicted octanol–water partition coefficient (Wildman–Crippen LogP) is 29.3. The summed E-state index contributed by atoms with van der Waals surface area (Å²) in [6, 6.07) is 158. The van der Waals surface area contributed by atoms with Gasteiger partial charge in [0, 0.05) is 36.3 Å². The molecule has 0 aliphatic carbocycles. The molecule has 1 saturated heterocycles. The van der Waals surface area contributed by atoms with E-state index in [-0.39, 0.29) is 0 Å². The molecule has 0 saturated carbocycles. The number of rotatable bonds is 12. The van der Waals surface area contributed by atoms with E-state index in [1.54, 1.807) is 0 Å². The molecule has 602 valence electrons. The van der Waals surface area contributed by atoms with Gasteiger partial charge in [-0.25, -0.2) is 0 Å². The van der Waals surface area contributed by atoms with Gasteiger partial charge in [0.05, 0.1) is 11.2 Å². The van der Waals surface area contributed by atoms with Gasteiger partial charge < -0.3 is 18.4 Å². The summed E-state index contributed by atoms with van der Waals surface area (Å²) in [5.74, 6) is 0. The maximum Gasteiger partial charge on any atom is 0.494 e. The molecule has 22 aromatic rings. The van der Waals surface area contributed by atoms with E-state index in [1.807, 2.05) is 140 Å². The zero-order valence-electron chi connectivity index (χ0n) is 70.2. The Morgan fingerprint density at radius 1 is 0.206 bits per heavy atom. The van der Waals surface area contributed by atoms with E-state index >= 15 is 4.57 Å². The quantitative estimate of drug-likeness (QED) is 0.0695. The van der Waals surface area contributed by atoms with Gasteiger partial charge in [0.1, 0.15) is 0 Å². The van der Waals surface area contributed by atoms with Gasteiger partial charge in [-0.15, -0.1) is 0 Å². The first-order valence-electron chi connectivity index (χ1n) is 43.1. The second kappa shape index (κ2) is 32.8. The molecular formula is C118H86BBrO4P2. The van der Waals surface area contributed by atoms with Gasteiger partial charge in [-0.2, -0.15) is 0 Å². The molecule has 0 amide bonds. The molecule has 4 nitrogen and oxygen atoms in total. The molecular weight excluding hydrogens is 1630 g/mol. The highest BCUT2D eigenvalue weighted by atomic mass is 79.9. The third kappa shape index (κ3) is 14.5. The van der Waals surface area contributed by atoms with Crippen molar-refractivity contribution in [2.45, 2.75) is 38.9 Å². The Bertz CT molecular complexity index is 8030. The minimum Gasteiger partial charge on any atom is -0.399 e. The molecule has 22 aromatic carbocycles. The van der Waals surface area contributed by atoms with Gasteiger partial charge in [-0.3, -0.25) is 0 Å². The summed E-state index contributed by atoms with van der Waals surface area (Å²) < 4.78 is 43.6. The zero-order valence-corrected chi connectivity index (χ0v) is 73.6. The van der Waals surface area contributed by atoms with E-state index in [1.165, 1.54) is 131 Å². The Kier molecular flexibility index (Phi) is 20.7. The van der Waals surface area contributed by atoms with Crippen LogP contribution in [0.4, 0.5) is 0 Å². The molecule has 0 N–H and O–H groups in total. The van der Waals surface area contributed by atoms with Crippen LogP contribution in [-0.4, -0.2) is 18.3 Å². The Balaban J connectivity index is 0.000000125. The molecule has 0 aromatic heterocycles. The third-order valence-electron chi connectivity index (χ3n) is 25.9. The normalized spacial score (nSPS) is 13.2. The molecule has 1 aliphatic rings. The SMILES string of the molecule is CC1(C)OB(c2ccc3c(-c4ccc5ccccc5c4)c4ccccc4c(-c4ccc5ccccc5c4)c3c2)OC1(C)C.O=P(c1ccccc1)(c1ccccc1)c1ccc2cc(-c3ccc4c(-c5ccc6ccccc6c5)c5ccccc5c(-c5ccc6ccccc6c5)c4c3)ccc2c1.O=P(c1ccccc1)(c1ccccc1)c1ccc2cc(Br)ccc2c1. The first-order valence-corrected chi connectivity index (χ1v) is 47.3. The molecule has 0 radical (unpaired) electrons. The van der Waals surface area contributed by atoms with Crippen molar-refractivity contribution in [2.24, 2.45) is 0 Å². The lowest BCUT2D eigenvalue weighted by molar-refractivity contribution is 0.00578. The lowest BCUT2D eigenvalue weighted by atomic mass is 9.76. The van der Waals surface area contributed by atoms with Crippen molar-refractivity contribution in [3.8, 4) is 55.6 Å². The van der Waals surface area contributed by atoms with Gasteiger partial charge in [0.2, 0.25) is 0 Å². The van der Waals surface area contributed by atoms with Gasteiger partial charge in [-0.1, -0.05) is 404 Å². The highest BCUT2D eigenvalue weighted by molar-refractivity contribution is 9.10. The monoisotopic (exact) mass is 1720 g/mol. The highest BCUT2D eigenvalue weighted by Gasteiger charge is 2.52. The van der Waals surface area contributed by atoms with Crippen LogP contribution in [0.2, 0.25) is 0 Å². The Morgan fingerprint density at radius 2 is 0.452 bits per heavy atom. The minimum atomic E-state index is -3.09. The van der Waals surface area contributed by atoms with Crippen LogP contribution in [0.1, 0.15) is 27.7 Å². The van der Waals surface area contributed by atoms with Crippen molar-refractivity contribution in [3.05, 3.63) is 453 Å². The van der Waals surface area contributed by atoms with Gasteiger partial charge in [-0.05, 0) is 257 Å². The van der Waals surface area contributed by atoms with Crippen LogP contribution < -0.4 is 37.3 Å². The topological polar surface area (TPSA) is 52.6 Å². The van der Waals surface area contributed by atoms with Gasteiger partial charge >= 0.3 is 7.12 Å². The van der Waals surface area contributed by atoms with Crippen LogP contribution >= 0.6 is 30.2 Å².